The second kappa shape index (κ2) is 16.8. The minimum atomic E-state index is -0.448. The lowest BCUT2D eigenvalue weighted by atomic mass is 9.88. The number of anilines is 3. The number of nitrogens with zero attached hydrogens (tertiary/aromatic N) is 9. The van der Waals surface area contributed by atoms with E-state index in [4.69, 9.17) is 21.3 Å². The van der Waals surface area contributed by atoms with E-state index in [0.29, 0.717) is 91.3 Å². The van der Waals surface area contributed by atoms with Gasteiger partial charge in [-0.15, -0.1) is 0 Å². The molecule has 314 valence electrons. The molecule has 18 nitrogen and oxygen atoms in total. The van der Waals surface area contributed by atoms with Crippen molar-refractivity contribution in [2.45, 2.75) is 57.4 Å². The lowest BCUT2D eigenvalue weighted by Crippen LogP contribution is -2.54. The van der Waals surface area contributed by atoms with Crippen molar-refractivity contribution in [3.8, 4) is 5.75 Å². The number of piperazine rings is 1. The first-order valence-corrected chi connectivity index (χ1v) is 20.5. The van der Waals surface area contributed by atoms with E-state index in [0.717, 1.165) is 23.7 Å². The van der Waals surface area contributed by atoms with Gasteiger partial charge in [-0.3, -0.25) is 33.7 Å². The number of hydrogen-bond acceptors (Lipinski definition) is 12. The number of likely N-dealkylation sites (N-methyl/N-ethyl adjacent to an activating group) is 1. The summed E-state index contributed by atoms with van der Waals surface area (Å²) in [5.41, 5.74) is 3.48. The number of carbonyl (C=O) groups is 4. The van der Waals surface area contributed by atoms with E-state index in [2.05, 4.69) is 43.1 Å². The summed E-state index contributed by atoms with van der Waals surface area (Å²) < 4.78 is 8.91. The molecule has 7 heterocycles. The average Bonchev–Trinajstić information content (AvgIpc) is 3.58. The molecule has 3 saturated heterocycles. The van der Waals surface area contributed by atoms with Crippen molar-refractivity contribution in [1.82, 2.24) is 49.7 Å². The van der Waals surface area contributed by atoms with Gasteiger partial charge < -0.3 is 30.1 Å². The van der Waals surface area contributed by atoms with Crippen LogP contribution in [0.1, 0.15) is 68.7 Å². The number of pyridine rings is 2. The Morgan fingerprint density at radius 2 is 1.72 bits per heavy atom. The summed E-state index contributed by atoms with van der Waals surface area (Å²) in [4.78, 5) is 82.6. The zero-order valence-electron chi connectivity index (χ0n) is 33.9. The molecule has 0 bridgehead atoms. The van der Waals surface area contributed by atoms with Crippen LogP contribution < -0.4 is 31.1 Å². The minimum absolute atomic E-state index is 0.0253. The normalized spacial score (nSPS) is 17.7. The van der Waals surface area contributed by atoms with Crippen LogP contribution >= 0.6 is 11.6 Å². The van der Waals surface area contributed by atoms with Gasteiger partial charge in [0.1, 0.15) is 10.7 Å². The zero-order valence-corrected chi connectivity index (χ0v) is 34.7. The number of likely N-dealkylation sites (tertiary alicyclic amines) is 1. The number of amides is 5. The number of ether oxygens (including phenoxy) is 1. The topological polar surface area (TPSA) is 202 Å². The van der Waals surface area contributed by atoms with Crippen LogP contribution in [-0.4, -0.2) is 116 Å². The van der Waals surface area contributed by atoms with Crippen LogP contribution in [0.25, 0.3) is 21.9 Å². The molecule has 0 aliphatic carbocycles. The number of fused-ring (bicyclic) bond motifs is 2. The summed E-state index contributed by atoms with van der Waals surface area (Å²) in [6.07, 6.45) is 5.55. The quantitative estimate of drug-likeness (QED) is 0.182. The number of rotatable bonds is 9. The molecule has 4 aromatic heterocycles. The van der Waals surface area contributed by atoms with E-state index >= 15 is 0 Å². The van der Waals surface area contributed by atoms with Gasteiger partial charge in [-0.1, -0.05) is 23.7 Å². The third kappa shape index (κ3) is 8.02. The molecule has 3 aliphatic heterocycles. The number of hydrogen-bond donors (Lipinski definition) is 3. The van der Waals surface area contributed by atoms with E-state index in [9.17, 15) is 24.0 Å². The van der Waals surface area contributed by atoms with Crippen molar-refractivity contribution in [1.29, 1.82) is 0 Å². The predicted octanol–water partition coefficient (Wildman–Crippen LogP) is 3.82. The highest BCUT2D eigenvalue weighted by Gasteiger charge is 2.33. The first kappa shape index (κ1) is 40.5. The Bertz CT molecular complexity index is 2560. The van der Waals surface area contributed by atoms with Gasteiger partial charge in [0.15, 0.2) is 18.2 Å². The third-order valence-electron chi connectivity index (χ3n) is 11.5. The smallest absolute Gasteiger partial charge is 0.320 e. The van der Waals surface area contributed by atoms with Crippen LogP contribution in [0.15, 0.2) is 47.5 Å². The fourth-order valence-electron chi connectivity index (χ4n) is 8.27. The first-order chi connectivity index (χ1) is 28.9. The van der Waals surface area contributed by atoms with Crippen molar-refractivity contribution in [3.63, 3.8) is 0 Å². The van der Waals surface area contributed by atoms with Gasteiger partial charge in [0, 0.05) is 76.6 Å². The molecule has 1 unspecified atom stereocenters. The van der Waals surface area contributed by atoms with Gasteiger partial charge >= 0.3 is 6.03 Å². The van der Waals surface area contributed by atoms with Gasteiger partial charge in [-0.25, -0.2) is 14.8 Å². The van der Waals surface area contributed by atoms with Crippen LogP contribution in [0.4, 0.5) is 22.2 Å². The molecule has 3 aliphatic rings. The lowest BCUT2D eigenvalue weighted by molar-refractivity contribution is -0.134. The van der Waals surface area contributed by atoms with Gasteiger partial charge in [0.05, 0.1) is 35.2 Å². The molecule has 5 aromatic rings. The maximum Gasteiger partial charge on any atom is 0.320 e. The maximum atomic E-state index is 13.7. The van der Waals surface area contributed by atoms with Crippen LogP contribution in [0.2, 0.25) is 5.02 Å². The second-order valence-electron chi connectivity index (χ2n) is 15.7. The van der Waals surface area contributed by atoms with Crippen LogP contribution in [0.5, 0.6) is 5.75 Å². The number of urea groups is 1. The van der Waals surface area contributed by atoms with Crippen molar-refractivity contribution >= 4 is 74.7 Å². The Labute approximate surface area is 350 Å². The largest absolute Gasteiger partial charge is 0.478 e. The molecule has 1 atom stereocenters. The first-order valence-electron chi connectivity index (χ1n) is 20.2. The molecule has 60 heavy (non-hydrogen) atoms. The van der Waals surface area contributed by atoms with E-state index in [1.165, 1.54) is 23.4 Å². The number of aromatic nitrogens is 6. The highest BCUT2D eigenvalue weighted by atomic mass is 35.5. The Hall–Kier alpha value is -6.30. The van der Waals surface area contributed by atoms with Gasteiger partial charge in [-0.05, 0) is 62.8 Å². The van der Waals surface area contributed by atoms with Crippen molar-refractivity contribution in [3.05, 3.63) is 69.4 Å². The summed E-state index contributed by atoms with van der Waals surface area (Å²) in [6.45, 7) is 6.83. The number of halogens is 1. The Balaban J connectivity index is 0.879. The molecule has 3 N–H and O–H groups in total. The third-order valence-corrected chi connectivity index (χ3v) is 11.8. The summed E-state index contributed by atoms with van der Waals surface area (Å²) in [5, 5.41) is 14.7. The summed E-state index contributed by atoms with van der Waals surface area (Å²) in [5.74, 6) is -0.190. The number of benzene rings is 1. The molecule has 0 spiro atoms. The van der Waals surface area contributed by atoms with E-state index in [-0.39, 0.29) is 53.6 Å². The van der Waals surface area contributed by atoms with Crippen molar-refractivity contribution in [2.24, 2.45) is 7.05 Å². The molecule has 0 saturated carbocycles. The standard InChI is InChI=1S/C41H47ClN12O6/c1-23(2)54-37-26(19-32(39(54)58)60-22-34(56)43-3)17-27(20-44-37)46-36-30(42)21-45-40(48-36)51-13-15-53(16-14-51)41(59)52-11-9-24(10-12-52)25-5-6-28-31(18-25)50(4)49-35(28)29-7-8-33(55)47-38(29)57/h5-6,17-21,23-24,29H,7-16,22H2,1-4H3,(H,43,56)(H,45,46,48)(H,47,55,57). The van der Waals surface area contributed by atoms with Crippen LogP contribution in [0, 0.1) is 0 Å². The van der Waals surface area contributed by atoms with Gasteiger partial charge in [-0.2, -0.15) is 10.1 Å². The molecular weight excluding hydrogens is 792 g/mol. The average molecular weight is 839 g/mol. The number of aryl methyl sites for hydroxylation is 1. The molecular formula is C41H47ClN12O6. The van der Waals surface area contributed by atoms with E-state index in [1.54, 1.807) is 18.3 Å². The van der Waals surface area contributed by atoms with Crippen molar-refractivity contribution in [2.75, 3.05) is 63.1 Å². The second-order valence-corrected chi connectivity index (χ2v) is 16.1. The molecule has 3 fully saturated rings. The van der Waals surface area contributed by atoms with E-state index < -0.39 is 5.92 Å². The number of piperidine rings is 2. The summed E-state index contributed by atoms with van der Waals surface area (Å²) in [7, 11) is 3.37. The molecule has 0 radical (unpaired) electrons. The Morgan fingerprint density at radius 1 is 0.967 bits per heavy atom. The minimum Gasteiger partial charge on any atom is -0.478 e. The van der Waals surface area contributed by atoms with Crippen LogP contribution in [0.3, 0.4) is 0 Å². The zero-order chi connectivity index (χ0) is 42.2. The number of imide groups is 1. The SMILES string of the molecule is CNC(=O)COc1cc2cc(Nc3nc(N4CCN(C(=O)N5CCC(c6ccc7c(C8CCC(=O)NC8=O)nn(C)c7c6)CC5)CC4)ncc3Cl)cnc2n(C(C)C)c1=O. The van der Waals surface area contributed by atoms with Gasteiger partial charge in [0.2, 0.25) is 17.8 Å². The molecule has 8 rings (SSSR count). The number of carbonyl (C=O) groups excluding carboxylic acids is 4. The molecule has 1 aromatic carbocycles. The Morgan fingerprint density at radius 3 is 2.43 bits per heavy atom. The van der Waals surface area contributed by atoms with Crippen LogP contribution in [-0.2, 0) is 21.4 Å². The predicted molar refractivity (Wildman–Crippen MR) is 225 cm³/mol. The highest BCUT2D eigenvalue weighted by molar-refractivity contribution is 6.33. The highest BCUT2D eigenvalue weighted by Crippen LogP contribution is 2.35. The fraction of sp³-hybridized carbons (Fsp3) is 0.439. The maximum absolute atomic E-state index is 13.7. The number of nitrogens with one attached hydrogen (secondary N) is 3. The van der Waals surface area contributed by atoms with Crippen molar-refractivity contribution < 1.29 is 23.9 Å². The lowest BCUT2D eigenvalue weighted by Gasteiger charge is -2.39. The summed E-state index contributed by atoms with van der Waals surface area (Å²) >= 11 is 6.56. The molecule has 19 heteroatoms. The molecule has 5 amide bonds. The summed E-state index contributed by atoms with van der Waals surface area (Å²) in [6, 6.07) is 9.47. The fourth-order valence-corrected chi connectivity index (χ4v) is 8.41. The Kier molecular flexibility index (Phi) is 11.3. The van der Waals surface area contributed by atoms with Gasteiger partial charge in [0.25, 0.3) is 11.5 Å². The monoisotopic (exact) mass is 838 g/mol. The van der Waals surface area contributed by atoms with E-state index in [1.807, 2.05) is 46.3 Å².